The first-order valence-electron chi connectivity index (χ1n) is 8.19. The van der Waals surface area contributed by atoms with Crippen LogP contribution in [0.2, 0.25) is 0 Å². The average Bonchev–Trinajstić information content (AvgIpc) is 2.98. The molecule has 0 aliphatic heterocycles. The van der Waals surface area contributed by atoms with E-state index in [-0.39, 0.29) is 18.2 Å². The first-order chi connectivity index (χ1) is 12.2. The highest BCUT2D eigenvalue weighted by atomic mass is 16.5. The molecule has 0 saturated heterocycles. The second kappa shape index (κ2) is 7.61. The maximum Gasteiger partial charge on any atom is 0.230 e. The summed E-state index contributed by atoms with van der Waals surface area (Å²) < 4.78 is 5.21. The van der Waals surface area contributed by atoms with Gasteiger partial charge in [0.05, 0.1) is 6.42 Å². The van der Waals surface area contributed by atoms with Gasteiger partial charge in [0.2, 0.25) is 11.8 Å². The number of anilines is 2. The fourth-order valence-electron chi connectivity index (χ4n) is 2.55. The molecule has 6 heteroatoms. The molecule has 0 spiro atoms. The number of para-hydroxylation sites is 1. The molecular formula is C19H19N3O3. The summed E-state index contributed by atoms with van der Waals surface area (Å²) in [5, 5.41) is 10.4. The molecule has 3 rings (SSSR count). The van der Waals surface area contributed by atoms with Crippen molar-refractivity contribution >= 4 is 34.2 Å². The van der Waals surface area contributed by atoms with E-state index in [2.05, 4.69) is 15.8 Å². The summed E-state index contributed by atoms with van der Waals surface area (Å²) in [6.07, 6.45) is 1.37. The van der Waals surface area contributed by atoms with Crippen LogP contribution in [0.3, 0.4) is 0 Å². The van der Waals surface area contributed by atoms with E-state index < -0.39 is 0 Å². The van der Waals surface area contributed by atoms with Crippen LogP contribution in [-0.2, 0) is 16.0 Å². The Morgan fingerprint density at radius 1 is 1.00 bits per heavy atom. The lowest BCUT2D eigenvalue weighted by molar-refractivity contribution is -0.116. The number of benzene rings is 2. The summed E-state index contributed by atoms with van der Waals surface area (Å²) in [5.41, 5.74) is 2.53. The zero-order valence-electron chi connectivity index (χ0n) is 13.9. The predicted molar refractivity (Wildman–Crippen MR) is 96.3 cm³/mol. The van der Waals surface area contributed by atoms with E-state index in [9.17, 15) is 9.59 Å². The highest BCUT2D eigenvalue weighted by Crippen LogP contribution is 2.19. The van der Waals surface area contributed by atoms with Crippen molar-refractivity contribution in [1.29, 1.82) is 0 Å². The van der Waals surface area contributed by atoms with Gasteiger partial charge in [-0.2, -0.15) is 0 Å². The second-order valence-corrected chi connectivity index (χ2v) is 5.73. The third-order valence-electron chi connectivity index (χ3n) is 3.69. The van der Waals surface area contributed by atoms with E-state index in [1.165, 1.54) is 0 Å². The predicted octanol–water partition coefficient (Wildman–Crippen LogP) is 3.75. The van der Waals surface area contributed by atoms with Crippen molar-refractivity contribution < 1.29 is 14.1 Å². The van der Waals surface area contributed by atoms with Crippen molar-refractivity contribution in [3.8, 4) is 0 Å². The maximum atomic E-state index is 12.3. The van der Waals surface area contributed by atoms with Gasteiger partial charge in [0.15, 0.2) is 5.58 Å². The van der Waals surface area contributed by atoms with E-state index in [4.69, 9.17) is 4.52 Å². The Labute approximate surface area is 145 Å². The molecule has 0 aliphatic carbocycles. The maximum absolute atomic E-state index is 12.3. The molecule has 2 aromatic carbocycles. The van der Waals surface area contributed by atoms with E-state index in [1.54, 1.807) is 24.3 Å². The molecule has 1 heterocycles. The molecule has 3 aromatic rings. The van der Waals surface area contributed by atoms with Gasteiger partial charge in [-0.1, -0.05) is 30.3 Å². The van der Waals surface area contributed by atoms with Crippen LogP contribution >= 0.6 is 0 Å². The molecule has 0 bridgehead atoms. The lowest BCUT2D eigenvalue weighted by atomic mass is 10.1. The first kappa shape index (κ1) is 16.7. The summed E-state index contributed by atoms with van der Waals surface area (Å²) in [6.45, 7) is 1.95. The van der Waals surface area contributed by atoms with Crippen LogP contribution in [0.5, 0.6) is 0 Å². The Morgan fingerprint density at radius 2 is 1.72 bits per heavy atom. The van der Waals surface area contributed by atoms with Gasteiger partial charge in [-0.3, -0.25) is 9.59 Å². The quantitative estimate of drug-likeness (QED) is 0.717. The van der Waals surface area contributed by atoms with E-state index in [1.807, 2.05) is 31.2 Å². The molecule has 0 aliphatic rings. The number of nitrogens with zero attached hydrogens (tertiary/aromatic N) is 1. The summed E-state index contributed by atoms with van der Waals surface area (Å²) in [5.74, 6) is -0.240. The molecule has 0 saturated carbocycles. The first-order valence-corrected chi connectivity index (χ1v) is 8.19. The van der Waals surface area contributed by atoms with Gasteiger partial charge in [-0.25, -0.2) is 0 Å². The van der Waals surface area contributed by atoms with Gasteiger partial charge in [0.25, 0.3) is 0 Å². The molecule has 0 atom stereocenters. The van der Waals surface area contributed by atoms with E-state index >= 15 is 0 Å². The number of carbonyl (C=O) groups excluding carboxylic acids is 2. The van der Waals surface area contributed by atoms with Gasteiger partial charge in [0, 0.05) is 23.2 Å². The SMILES string of the molecule is CCCC(=O)Nc1cccc(NC(=O)Cc2noc3ccccc23)c1. The molecule has 25 heavy (non-hydrogen) atoms. The fourth-order valence-corrected chi connectivity index (χ4v) is 2.55. The standard InChI is InChI=1S/C19H19N3O3/c1-2-6-18(23)20-13-7-5-8-14(11-13)21-19(24)12-16-15-9-3-4-10-17(15)25-22-16/h3-5,7-11H,2,6,12H2,1H3,(H,20,23)(H,21,24). The lowest BCUT2D eigenvalue weighted by Gasteiger charge is -2.08. The van der Waals surface area contributed by atoms with Crippen LogP contribution in [0.25, 0.3) is 11.0 Å². The summed E-state index contributed by atoms with van der Waals surface area (Å²) in [7, 11) is 0. The Kier molecular flexibility index (Phi) is 5.09. The molecule has 2 amide bonds. The van der Waals surface area contributed by atoms with Crippen molar-refractivity contribution in [3.63, 3.8) is 0 Å². The molecule has 6 nitrogen and oxygen atoms in total. The summed E-state index contributed by atoms with van der Waals surface area (Å²) >= 11 is 0. The topological polar surface area (TPSA) is 84.2 Å². The molecule has 0 unspecified atom stereocenters. The Hall–Kier alpha value is -3.15. The van der Waals surface area contributed by atoms with Crippen LogP contribution < -0.4 is 10.6 Å². The minimum absolute atomic E-state index is 0.0416. The van der Waals surface area contributed by atoms with Gasteiger partial charge >= 0.3 is 0 Å². The molecule has 0 radical (unpaired) electrons. The van der Waals surface area contributed by atoms with Crippen molar-refractivity contribution in [1.82, 2.24) is 5.16 Å². The van der Waals surface area contributed by atoms with Gasteiger partial charge in [0.1, 0.15) is 5.69 Å². The van der Waals surface area contributed by atoms with Crippen molar-refractivity contribution in [2.45, 2.75) is 26.2 Å². The number of amides is 2. The highest BCUT2D eigenvalue weighted by molar-refractivity contribution is 5.96. The lowest BCUT2D eigenvalue weighted by Crippen LogP contribution is -2.15. The molecular weight excluding hydrogens is 318 g/mol. The fraction of sp³-hybridized carbons (Fsp3) is 0.211. The Morgan fingerprint density at radius 3 is 2.48 bits per heavy atom. The average molecular weight is 337 g/mol. The third-order valence-corrected chi connectivity index (χ3v) is 3.69. The summed E-state index contributed by atoms with van der Waals surface area (Å²) in [4.78, 5) is 23.9. The number of hydrogen-bond acceptors (Lipinski definition) is 4. The number of nitrogens with one attached hydrogen (secondary N) is 2. The molecule has 2 N–H and O–H groups in total. The number of rotatable bonds is 6. The number of hydrogen-bond donors (Lipinski definition) is 2. The van der Waals surface area contributed by atoms with Crippen molar-refractivity contribution in [2.24, 2.45) is 0 Å². The largest absolute Gasteiger partial charge is 0.356 e. The van der Waals surface area contributed by atoms with Crippen LogP contribution in [0.15, 0.2) is 53.1 Å². The minimum Gasteiger partial charge on any atom is -0.356 e. The van der Waals surface area contributed by atoms with Crippen molar-refractivity contribution in [2.75, 3.05) is 10.6 Å². The smallest absolute Gasteiger partial charge is 0.230 e. The van der Waals surface area contributed by atoms with Crippen LogP contribution in [0, 0.1) is 0 Å². The van der Waals surface area contributed by atoms with Crippen molar-refractivity contribution in [3.05, 3.63) is 54.2 Å². The Balaban J connectivity index is 1.66. The number of aromatic nitrogens is 1. The molecule has 1 aromatic heterocycles. The second-order valence-electron chi connectivity index (χ2n) is 5.73. The van der Waals surface area contributed by atoms with Gasteiger partial charge in [-0.05, 0) is 36.8 Å². The van der Waals surface area contributed by atoms with E-state index in [0.717, 1.165) is 11.8 Å². The molecule has 0 fully saturated rings. The number of fused-ring (bicyclic) bond motifs is 1. The van der Waals surface area contributed by atoms with Crippen LogP contribution in [0.1, 0.15) is 25.5 Å². The minimum atomic E-state index is -0.198. The normalized spacial score (nSPS) is 10.6. The van der Waals surface area contributed by atoms with Gasteiger partial charge in [-0.15, -0.1) is 0 Å². The monoisotopic (exact) mass is 337 g/mol. The molecule has 128 valence electrons. The van der Waals surface area contributed by atoms with Crippen LogP contribution in [-0.4, -0.2) is 17.0 Å². The Bertz CT molecular complexity index is 902. The zero-order valence-corrected chi connectivity index (χ0v) is 13.9. The zero-order chi connectivity index (χ0) is 17.6. The number of carbonyl (C=O) groups is 2. The highest BCUT2D eigenvalue weighted by Gasteiger charge is 2.12. The van der Waals surface area contributed by atoms with E-state index in [0.29, 0.717) is 29.1 Å². The van der Waals surface area contributed by atoms with Gasteiger partial charge < -0.3 is 15.2 Å². The van der Waals surface area contributed by atoms with Crippen LogP contribution in [0.4, 0.5) is 11.4 Å². The summed E-state index contributed by atoms with van der Waals surface area (Å²) in [6, 6.07) is 14.5. The third kappa shape index (κ3) is 4.23.